The fourth-order valence-electron chi connectivity index (χ4n) is 1.59. The van der Waals surface area contributed by atoms with Crippen LogP contribution in [0.2, 0.25) is 5.02 Å². The maximum Gasteiger partial charge on any atom is 0.142 e. The Balaban J connectivity index is 1.84. The highest BCUT2D eigenvalue weighted by atomic mass is 35.5. The molecule has 0 saturated heterocycles. The van der Waals surface area contributed by atoms with Crippen LogP contribution in [0.3, 0.4) is 0 Å². The highest BCUT2D eigenvalue weighted by molar-refractivity contribution is 6.30. The number of benzene rings is 2. The second kappa shape index (κ2) is 6.95. The first-order valence-electron chi connectivity index (χ1n) is 6.19. The Morgan fingerprint density at radius 2 is 1.63 bits per heavy atom. The van der Waals surface area contributed by atoms with Crippen LogP contribution in [0.4, 0.5) is 0 Å². The quantitative estimate of drug-likeness (QED) is 0.586. The monoisotopic (exact) mass is 272 g/mol. The first kappa shape index (κ1) is 13.6. The molecule has 0 aromatic heterocycles. The molecule has 0 bridgehead atoms. The van der Waals surface area contributed by atoms with Crippen LogP contribution in [0.1, 0.15) is 23.6 Å². The van der Waals surface area contributed by atoms with Gasteiger partial charge in [-0.15, -0.1) is 0 Å². The Morgan fingerprint density at radius 3 is 2.26 bits per heavy atom. The summed E-state index contributed by atoms with van der Waals surface area (Å²) in [5.74, 6) is 0. The second-order valence-electron chi connectivity index (χ2n) is 4.15. The molecule has 2 aromatic rings. The van der Waals surface area contributed by atoms with Gasteiger partial charge < -0.3 is 4.84 Å². The molecule has 0 saturated carbocycles. The van der Waals surface area contributed by atoms with Gasteiger partial charge in [0.05, 0.1) is 0 Å². The van der Waals surface area contributed by atoms with E-state index in [0.717, 1.165) is 22.6 Å². The highest BCUT2D eigenvalue weighted by Crippen LogP contribution is 2.10. The van der Waals surface area contributed by atoms with E-state index in [-0.39, 0.29) is 0 Å². The van der Waals surface area contributed by atoms with Crippen molar-refractivity contribution < 1.29 is 4.84 Å². The maximum absolute atomic E-state index is 5.80. The highest BCUT2D eigenvalue weighted by Gasteiger charge is 1.93. The molecule has 2 aromatic carbocycles. The summed E-state index contributed by atoms with van der Waals surface area (Å²) in [5, 5.41) is 4.55. The van der Waals surface area contributed by atoms with E-state index in [1.807, 2.05) is 36.4 Å². The third-order valence-electron chi connectivity index (χ3n) is 2.75. The van der Waals surface area contributed by atoms with Gasteiger partial charge in [-0.25, -0.2) is 0 Å². The number of halogens is 1. The first-order valence-corrected chi connectivity index (χ1v) is 6.57. The van der Waals surface area contributed by atoms with Crippen LogP contribution in [0, 0.1) is 0 Å². The molecule has 97 valence electrons. The normalized spacial score (nSPS) is 10.8. The summed E-state index contributed by atoms with van der Waals surface area (Å²) < 4.78 is 0. The van der Waals surface area contributed by atoms with Gasteiger partial charge >= 0.3 is 0 Å². The van der Waals surface area contributed by atoms with Gasteiger partial charge in [0.2, 0.25) is 0 Å². The van der Waals surface area contributed by atoms with E-state index >= 15 is 0 Å². The van der Waals surface area contributed by atoms with Crippen molar-refractivity contribution in [1.29, 1.82) is 0 Å². The van der Waals surface area contributed by atoms with Gasteiger partial charge in [0.15, 0.2) is 0 Å². The predicted molar refractivity (Wildman–Crippen MR) is 78.6 cm³/mol. The van der Waals surface area contributed by atoms with Gasteiger partial charge in [-0.05, 0) is 29.7 Å². The van der Waals surface area contributed by atoms with Crippen molar-refractivity contribution in [2.45, 2.75) is 20.0 Å². The zero-order chi connectivity index (χ0) is 13.5. The third kappa shape index (κ3) is 4.42. The Kier molecular flexibility index (Phi) is 4.99. The molecule has 0 atom stereocenters. The van der Waals surface area contributed by atoms with Gasteiger partial charge in [0, 0.05) is 10.6 Å². The van der Waals surface area contributed by atoms with E-state index in [9.17, 15) is 0 Å². The Labute approximate surface area is 118 Å². The molecular weight excluding hydrogens is 258 g/mol. The predicted octanol–water partition coefficient (Wildman–Crippen LogP) is 4.33. The van der Waals surface area contributed by atoms with E-state index in [2.05, 4.69) is 30.4 Å². The van der Waals surface area contributed by atoms with Crippen LogP contribution in [-0.4, -0.2) is 6.21 Å². The molecule has 0 fully saturated rings. The summed E-state index contributed by atoms with van der Waals surface area (Å²) in [6.45, 7) is 2.54. The lowest BCUT2D eigenvalue weighted by Gasteiger charge is -1.99. The minimum Gasteiger partial charge on any atom is -0.390 e. The molecule has 3 heteroatoms. The SMILES string of the molecule is CCc1ccc(/[C]=N\OCc2ccc(Cl)cc2)cc1. The molecule has 0 unspecified atom stereocenters. The van der Waals surface area contributed by atoms with E-state index in [1.165, 1.54) is 5.56 Å². The lowest BCUT2D eigenvalue weighted by molar-refractivity contribution is 0.132. The Bertz CT molecular complexity index is 532. The Morgan fingerprint density at radius 1 is 1.00 bits per heavy atom. The van der Waals surface area contributed by atoms with E-state index in [0.29, 0.717) is 6.61 Å². The summed E-state index contributed by atoms with van der Waals surface area (Å²) in [7, 11) is 0. The van der Waals surface area contributed by atoms with Gasteiger partial charge in [0.1, 0.15) is 12.8 Å². The zero-order valence-corrected chi connectivity index (χ0v) is 11.5. The molecular formula is C16H15ClNO. The van der Waals surface area contributed by atoms with E-state index < -0.39 is 0 Å². The van der Waals surface area contributed by atoms with Crippen LogP contribution >= 0.6 is 11.6 Å². The van der Waals surface area contributed by atoms with Crippen LogP contribution in [0.25, 0.3) is 0 Å². The molecule has 19 heavy (non-hydrogen) atoms. The lowest BCUT2D eigenvalue weighted by Crippen LogP contribution is -1.88. The van der Waals surface area contributed by atoms with Gasteiger partial charge in [-0.3, -0.25) is 0 Å². The molecule has 0 amide bonds. The largest absolute Gasteiger partial charge is 0.390 e. The fourth-order valence-corrected chi connectivity index (χ4v) is 1.71. The molecule has 0 aliphatic heterocycles. The van der Waals surface area contributed by atoms with Gasteiger partial charge in [0.25, 0.3) is 0 Å². The Hall–Kier alpha value is -1.80. The van der Waals surface area contributed by atoms with Crippen LogP contribution in [-0.2, 0) is 17.9 Å². The molecule has 0 heterocycles. The smallest absolute Gasteiger partial charge is 0.142 e. The van der Waals surface area contributed by atoms with Crippen LogP contribution in [0.15, 0.2) is 53.7 Å². The lowest BCUT2D eigenvalue weighted by atomic mass is 10.1. The van der Waals surface area contributed by atoms with Crippen LogP contribution < -0.4 is 0 Å². The molecule has 0 N–H and O–H groups in total. The fraction of sp³-hybridized carbons (Fsp3) is 0.188. The van der Waals surface area contributed by atoms with Crippen molar-refractivity contribution in [3.05, 3.63) is 70.2 Å². The topological polar surface area (TPSA) is 21.6 Å². The van der Waals surface area contributed by atoms with Gasteiger partial charge in [-0.1, -0.05) is 60.1 Å². The van der Waals surface area contributed by atoms with Gasteiger partial charge in [-0.2, -0.15) is 0 Å². The molecule has 0 aliphatic carbocycles. The molecule has 2 rings (SSSR count). The number of rotatable bonds is 5. The summed E-state index contributed by atoms with van der Waals surface area (Å²) in [6.07, 6.45) is 3.89. The summed E-state index contributed by atoms with van der Waals surface area (Å²) >= 11 is 5.80. The van der Waals surface area contributed by atoms with Crippen molar-refractivity contribution in [1.82, 2.24) is 0 Å². The summed E-state index contributed by atoms with van der Waals surface area (Å²) in [6, 6.07) is 15.6. The van der Waals surface area contributed by atoms with Crippen molar-refractivity contribution in [2.75, 3.05) is 0 Å². The second-order valence-corrected chi connectivity index (χ2v) is 4.59. The standard InChI is InChI=1S/C16H15ClNO/c1-2-13-3-5-14(6-4-13)11-18-19-12-15-7-9-16(17)10-8-15/h3-10H,2,12H2,1H3. The van der Waals surface area contributed by atoms with E-state index in [1.54, 1.807) is 0 Å². The first-order chi connectivity index (χ1) is 9.28. The number of aryl methyl sites for hydroxylation is 1. The third-order valence-corrected chi connectivity index (χ3v) is 3.00. The van der Waals surface area contributed by atoms with Crippen molar-refractivity contribution in [3.8, 4) is 0 Å². The average molecular weight is 273 g/mol. The summed E-state index contributed by atoms with van der Waals surface area (Å²) in [4.78, 5) is 5.19. The molecule has 1 radical (unpaired) electrons. The molecule has 2 nitrogen and oxygen atoms in total. The molecule has 0 aliphatic rings. The zero-order valence-electron chi connectivity index (χ0n) is 10.8. The van der Waals surface area contributed by atoms with Crippen molar-refractivity contribution in [2.24, 2.45) is 5.16 Å². The summed E-state index contributed by atoms with van der Waals surface area (Å²) in [5.41, 5.74) is 3.23. The number of nitrogens with zero attached hydrogens (tertiary/aromatic N) is 1. The average Bonchev–Trinajstić information content (AvgIpc) is 2.46. The minimum atomic E-state index is 0.414. The minimum absolute atomic E-state index is 0.414. The van der Waals surface area contributed by atoms with Crippen molar-refractivity contribution in [3.63, 3.8) is 0 Å². The number of hydrogen-bond donors (Lipinski definition) is 0. The number of hydrogen-bond acceptors (Lipinski definition) is 2. The van der Waals surface area contributed by atoms with Crippen LogP contribution in [0.5, 0.6) is 0 Å². The van der Waals surface area contributed by atoms with E-state index in [4.69, 9.17) is 16.4 Å². The maximum atomic E-state index is 5.80. The molecule has 0 spiro atoms. The van der Waals surface area contributed by atoms with Crippen molar-refractivity contribution >= 4 is 17.8 Å².